The van der Waals surface area contributed by atoms with Crippen LogP contribution >= 0.6 is 11.6 Å². The number of amides is 2. The van der Waals surface area contributed by atoms with Gasteiger partial charge in [-0.2, -0.15) is 0 Å². The van der Waals surface area contributed by atoms with Crippen LogP contribution in [0, 0.1) is 11.7 Å². The van der Waals surface area contributed by atoms with E-state index in [0.717, 1.165) is 0 Å². The summed E-state index contributed by atoms with van der Waals surface area (Å²) in [5.41, 5.74) is 1.14. The van der Waals surface area contributed by atoms with Crippen LogP contribution in [0.25, 0.3) is 0 Å². The van der Waals surface area contributed by atoms with Crippen LogP contribution in [0.1, 0.15) is 6.42 Å². The van der Waals surface area contributed by atoms with Gasteiger partial charge in [0.05, 0.1) is 0 Å². The molecule has 0 bridgehead atoms. The summed E-state index contributed by atoms with van der Waals surface area (Å²) in [4.78, 5) is 26.2. The predicted molar refractivity (Wildman–Crippen MR) is 86.9 cm³/mol. The first-order chi connectivity index (χ1) is 11.0. The van der Waals surface area contributed by atoms with Crippen LogP contribution < -0.4 is 10.2 Å². The Balaban J connectivity index is 1.71. The number of hydrogen-bond acceptors (Lipinski definition) is 2. The lowest BCUT2D eigenvalue weighted by molar-refractivity contribution is -0.129. The standard InChI is InChI=1S/C17H14ClFN2O2/c18-11-2-1-3-13(10-11)20-16(22)15-8-9-21(17(15)23)14-6-4-12(19)5-7-14/h1-7,10,15H,8-9H2,(H,20,22). The lowest BCUT2D eigenvalue weighted by Crippen LogP contribution is -2.33. The SMILES string of the molecule is O=C(Nc1cccc(Cl)c1)C1CCN(c2ccc(F)cc2)C1=O. The quantitative estimate of drug-likeness (QED) is 0.875. The molecule has 0 aromatic heterocycles. The first kappa shape index (κ1) is 15.5. The Labute approximate surface area is 137 Å². The Hall–Kier alpha value is -2.40. The van der Waals surface area contributed by atoms with E-state index < -0.39 is 5.92 Å². The molecule has 1 N–H and O–H groups in total. The number of halogens is 2. The minimum atomic E-state index is -0.751. The topological polar surface area (TPSA) is 49.4 Å². The largest absolute Gasteiger partial charge is 0.325 e. The maximum atomic E-state index is 13.0. The molecule has 118 valence electrons. The van der Waals surface area contributed by atoms with Crippen LogP contribution in [-0.4, -0.2) is 18.4 Å². The lowest BCUT2D eigenvalue weighted by Gasteiger charge is -2.16. The molecule has 23 heavy (non-hydrogen) atoms. The Morgan fingerprint density at radius 2 is 1.96 bits per heavy atom. The van der Waals surface area contributed by atoms with E-state index >= 15 is 0 Å². The summed E-state index contributed by atoms with van der Waals surface area (Å²) < 4.78 is 13.0. The van der Waals surface area contributed by atoms with Gasteiger partial charge in [-0.15, -0.1) is 0 Å². The van der Waals surface area contributed by atoms with Gasteiger partial charge in [-0.1, -0.05) is 17.7 Å². The van der Waals surface area contributed by atoms with Crippen molar-refractivity contribution in [2.45, 2.75) is 6.42 Å². The van der Waals surface area contributed by atoms with E-state index in [0.29, 0.717) is 29.4 Å². The fraction of sp³-hybridized carbons (Fsp3) is 0.176. The second kappa shape index (κ2) is 6.38. The number of hydrogen-bond donors (Lipinski definition) is 1. The van der Waals surface area contributed by atoms with Gasteiger partial charge in [0.1, 0.15) is 11.7 Å². The van der Waals surface area contributed by atoms with Gasteiger partial charge in [-0.25, -0.2) is 4.39 Å². The molecular weight excluding hydrogens is 319 g/mol. The van der Waals surface area contributed by atoms with Crippen LogP contribution in [-0.2, 0) is 9.59 Å². The molecule has 1 aliphatic heterocycles. The number of rotatable bonds is 3. The molecule has 2 aromatic carbocycles. The maximum Gasteiger partial charge on any atom is 0.239 e. The monoisotopic (exact) mass is 332 g/mol. The average Bonchev–Trinajstić information content (AvgIpc) is 2.90. The molecular formula is C17H14ClFN2O2. The highest BCUT2D eigenvalue weighted by Gasteiger charge is 2.37. The van der Waals surface area contributed by atoms with Crippen molar-refractivity contribution in [2.24, 2.45) is 5.92 Å². The molecule has 2 amide bonds. The van der Waals surface area contributed by atoms with Crippen molar-refractivity contribution in [3.8, 4) is 0 Å². The van der Waals surface area contributed by atoms with Crippen LogP contribution in [0.2, 0.25) is 5.02 Å². The summed E-state index contributed by atoms with van der Waals surface area (Å²) in [5.74, 6) is -1.76. The van der Waals surface area contributed by atoms with Crippen molar-refractivity contribution < 1.29 is 14.0 Å². The lowest BCUT2D eigenvalue weighted by atomic mass is 10.1. The third-order valence-electron chi connectivity index (χ3n) is 3.75. The molecule has 0 aliphatic carbocycles. The van der Waals surface area contributed by atoms with Gasteiger partial charge in [0.15, 0.2) is 0 Å². The molecule has 1 saturated heterocycles. The van der Waals surface area contributed by atoms with Crippen molar-refractivity contribution in [3.63, 3.8) is 0 Å². The van der Waals surface area contributed by atoms with Gasteiger partial charge >= 0.3 is 0 Å². The van der Waals surface area contributed by atoms with Gasteiger partial charge in [-0.05, 0) is 48.9 Å². The van der Waals surface area contributed by atoms with E-state index in [9.17, 15) is 14.0 Å². The molecule has 4 nitrogen and oxygen atoms in total. The highest BCUT2D eigenvalue weighted by molar-refractivity contribution is 6.31. The molecule has 1 fully saturated rings. The zero-order valence-electron chi connectivity index (χ0n) is 12.1. The minimum absolute atomic E-state index is 0.281. The summed E-state index contributed by atoms with van der Waals surface area (Å²) in [6.07, 6.45) is 0.419. The van der Waals surface area contributed by atoms with Crippen LogP contribution in [0.5, 0.6) is 0 Å². The van der Waals surface area contributed by atoms with Gasteiger partial charge in [0, 0.05) is 22.9 Å². The van der Waals surface area contributed by atoms with E-state index in [1.807, 2.05) is 0 Å². The molecule has 1 heterocycles. The van der Waals surface area contributed by atoms with Gasteiger partial charge < -0.3 is 10.2 Å². The second-order valence-electron chi connectivity index (χ2n) is 5.31. The van der Waals surface area contributed by atoms with Gasteiger partial charge in [0.2, 0.25) is 11.8 Å². The van der Waals surface area contributed by atoms with Crippen molar-refractivity contribution >= 4 is 34.8 Å². The Bertz CT molecular complexity index is 749. The van der Waals surface area contributed by atoms with Crippen molar-refractivity contribution in [3.05, 3.63) is 59.4 Å². The van der Waals surface area contributed by atoms with E-state index in [-0.39, 0.29) is 17.6 Å². The average molecular weight is 333 g/mol. The van der Waals surface area contributed by atoms with Crippen LogP contribution in [0.3, 0.4) is 0 Å². The molecule has 3 rings (SSSR count). The zero-order chi connectivity index (χ0) is 16.4. The van der Waals surface area contributed by atoms with E-state index in [1.165, 1.54) is 29.2 Å². The fourth-order valence-electron chi connectivity index (χ4n) is 2.60. The Kier molecular flexibility index (Phi) is 4.30. The number of benzene rings is 2. The minimum Gasteiger partial charge on any atom is -0.325 e. The number of carbonyl (C=O) groups excluding carboxylic acids is 2. The van der Waals surface area contributed by atoms with Gasteiger partial charge in [0.25, 0.3) is 0 Å². The molecule has 0 saturated carbocycles. The zero-order valence-corrected chi connectivity index (χ0v) is 12.9. The molecule has 6 heteroatoms. The van der Waals surface area contributed by atoms with Crippen LogP contribution in [0.4, 0.5) is 15.8 Å². The molecule has 1 atom stereocenters. The highest BCUT2D eigenvalue weighted by Crippen LogP contribution is 2.26. The smallest absolute Gasteiger partial charge is 0.239 e. The number of anilines is 2. The molecule has 1 aliphatic rings. The second-order valence-corrected chi connectivity index (χ2v) is 5.74. The van der Waals surface area contributed by atoms with E-state index in [1.54, 1.807) is 24.3 Å². The third kappa shape index (κ3) is 3.35. The number of nitrogens with zero attached hydrogens (tertiary/aromatic N) is 1. The normalized spacial score (nSPS) is 17.4. The molecule has 0 spiro atoms. The maximum absolute atomic E-state index is 13.0. The third-order valence-corrected chi connectivity index (χ3v) is 3.99. The first-order valence-corrected chi connectivity index (χ1v) is 7.56. The summed E-state index contributed by atoms with van der Waals surface area (Å²) >= 11 is 5.88. The van der Waals surface area contributed by atoms with E-state index in [2.05, 4.69) is 5.32 Å². The summed E-state index contributed by atoms with van der Waals surface area (Å²) in [7, 11) is 0. The van der Waals surface area contributed by atoms with Crippen molar-refractivity contribution in [2.75, 3.05) is 16.8 Å². The Morgan fingerprint density at radius 3 is 2.65 bits per heavy atom. The summed E-state index contributed by atoms with van der Waals surface area (Å²) in [6, 6.07) is 12.4. The summed E-state index contributed by atoms with van der Waals surface area (Å²) in [5, 5.41) is 3.21. The predicted octanol–water partition coefficient (Wildman–Crippen LogP) is 3.47. The molecule has 2 aromatic rings. The number of nitrogens with one attached hydrogen (secondary N) is 1. The van der Waals surface area contributed by atoms with Gasteiger partial charge in [-0.3, -0.25) is 9.59 Å². The first-order valence-electron chi connectivity index (χ1n) is 7.18. The Morgan fingerprint density at radius 1 is 1.22 bits per heavy atom. The van der Waals surface area contributed by atoms with Crippen molar-refractivity contribution in [1.29, 1.82) is 0 Å². The highest BCUT2D eigenvalue weighted by atomic mass is 35.5. The molecule has 0 radical (unpaired) electrons. The van der Waals surface area contributed by atoms with Crippen LogP contribution in [0.15, 0.2) is 48.5 Å². The molecule has 1 unspecified atom stereocenters. The summed E-state index contributed by atoms with van der Waals surface area (Å²) in [6.45, 7) is 0.429. The van der Waals surface area contributed by atoms with Crippen molar-refractivity contribution in [1.82, 2.24) is 0 Å². The fourth-order valence-corrected chi connectivity index (χ4v) is 2.79. The number of carbonyl (C=O) groups is 2. The van der Waals surface area contributed by atoms with E-state index in [4.69, 9.17) is 11.6 Å².